The predicted octanol–water partition coefficient (Wildman–Crippen LogP) is 3.78. The third kappa shape index (κ3) is 4.57. The standard InChI is InChI=1S/C23H26N2O4S/c1-5-19-22(20(26)11-15(2)25(19)14-18-7-6-10-30-18)23(27)24-13-16-8-9-17(28-3)12-21(16)29-4/h6-12H,5,13-14H2,1-4H3,(H,24,27). The van der Waals surface area contributed by atoms with E-state index in [-0.39, 0.29) is 23.4 Å². The van der Waals surface area contributed by atoms with Gasteiger partial charge in [-0.25, -0.2) is 0 Å². The van der Waals surface area contributed by atoms with Crippen LogP contribution < -0.4 is 20.2 Å². The first-order valence-corrected chi connectivity index (χ1v) is 10.6. The van der Waals surface area contributed by atoms with Crippen molar-refractivity contribution in [3.8, 4) is 11.5 Å². The molecule has 2 aromatic heterocycles. The van der Waals surface area contributed by atoms with Gasteiger partial charge in [-0.2, -0.15) is 0 Å². The maximum absolute atomic E-state index is 13.0. The molecule has 0 fully saturated rings. The lowest BCUT2D eigenvalue weighted by Crippen LogP contribution is -2.32. The van der Waals surface area contributed by atoms with E-state index in [0.717, 1.165) is 17.0 Å². The molecule has 1 N–H and O–H groups in total. The Morgan fingerprint density at radius 2 is 1.97 bits per heavy atom. The van der Waals surface area contributed by atoms with E-state index in [1.165, 1.54) is 10.9 Å². The van der Waals surface area contributed by atoms with Gasteiger partial charge in [0.25, 0.3) is 5.91 Å². The highest BCUT2D eigenvalue weighted by Gasteiger charge is 2.20. The van der Waals surface area contributed by atoms with Gasteiger partial charge in [0, 0.05) is 40.5 Å². The fourth-order valence-electron chi connectivity index (χ4n) is 3.48. The summed E-state index contributed by atoms with van der Waals surface area (Å²) in [5.74, 6) is 0.907. The molecule has 0 aliphatic heterocycles. The second-order valence-corrected chi connectivity index (χ2v) is 7.88. The summed E-state index contributed by atoms with van der Waals surface area (Å²) in [5.41, 5.74) is 2.33. The first-order valence-electron chi connectivity index (χ1n) is 9.73. The average Bonchev–Trinajstić information content (AvgIpc) is 3.26. The van der Waals surface area contributed by atoms with E-state index < -0.39 is 0 Å². The first kappa shape index (κ1) is 21.6. The van der Waals surface area contributed by atoms with Gasteiger partial charge in [-0.1, -0.05) is 13.0 Å². The number of aryl methyl sites for hydroxylation is 1. The van der Waals surface area contributed by atoms with Crippen molar-refractivity contribution in [2.24, 2.45) is 0 Å². The Labute approximate surface area is 180 Å². The Bertz CT molecular complexity index is 1090. The minimum Gasteiger partial charge on any atom is -0.497 e. The number of benzene rings is 1. The average molecular weight is 427 g/mol. The number of carbonyl (C=O) groups is 1. The lowest BCUT2D eigenvalue weighted by atomic mass is 10.1. The number of nitrogens with zero attached hydrogens (tertiary/aromatic N) is 1. The highest BCUT2D eigenvalue weighted by molar-refractivity contribution is 7.09. The quantitative estimate of drug-likeness (QED) is 0.595. The number of amides is 1. The maximum atomic E-state index is 13.0. The summed E-state index contributed by atoms with van der Waals surface area (Å²) >= 11 is 1.66. The summed E-state index contributed by atoms with van der Waals surface area (Å²) in [6, 6.07) is 11.0. The second kappa shape index (κ2) is 9.63. The molecule has 2 heterocycles. The molecule has 0 radical (unpaired) electrons. The lowest BCUT2D eigenvalue weighted by Gasteiger charge is -2.19. The van der Waals surface area contributed by atoms with E-state index in [0.29, 0.717) is 24.5 Å². The maximum Gasteiger partial charge on any atom is 0.257 e. The zero-order valence-electron chi connectivity index (χ0n) is 17.7. The molecule has 0 spiro atoms. The number of aromatic nitrogens is 1. The molecule has 30 heavy (non-hydrogen) atoms. The molecular weight excluding hydrogens is 400 g/mol. The van der Waals surface area contributed by atoms with Crippen LogP contribution in [0.2, 0.25) is 0 Å². The molecule has 7 heteroatoms. The van der Waals surface area contributed by atoms with Crippen molar-refractivity contribution < 1.29 is 14.3 Å². The van der Waals surface area contributed by atoms with Crippen LogP contribution in [0.25, 0.3) is 0 Å². The van der Waals surface area contributed by atoms with Crippen LogP contribution in [0.15, 0.2) is 46.6 Å². The number of nitrogens with one attached hydrogen (secondary N) is 1. The molecular formula is C23H26N2O4S. The molecule has 0 saturated heterocycles. The zero-order chi connectivity index (χ0) is 21.7. The number of rotatable bonds is 8. The van der Waals surface area contributed by atoms with Crippen molar-refractivity contribution in [1.82, 2.24) is 9.88 Å². The summed E-state index contributed by atoms with van der Waals surface area (Å²) in [4.78, 5) is 26.9. The van der Waals surface area contributed by atoms with Crippen LogP contribution in [-0.2, 0) is 19.5 Å². The van der Waals surface area contributed by atoms with Crippen molar-refractivity contribution in [2.45, 2.75) is 33.4 Å². The van der Waals surface area contributed by atoms with Crippen LogP contribution in [0.5, 0.6) is 11.5 Å². The first-order chi connectivity index (χ1) is 14.5. The Hall–Kier alpha value is -3.06. The SMILES string of the molecule is CCc1c(C(=O)NCc2ccc(OC)cc2OC)c(=O)cc(C)n1Cc1cccs1. The van der Waals surface area contributed by atoms with Crippen molar-refractivity contribution in [3.63, 3.8) is 0 Å². The van der Waals surface area contributed by atoms with Crippen LogP contribution in [0, 0.1) is 6.92 Å². The summed E-state index contributed by atoms with van der Waals surface area (Å²) in [6.45, 7) is 4.74. The number of thiophene rings is 1. The van der Waals surface area contributed by atoms with Crippen LogP contribution >= 0.6 is 11.3 Å². The lowest BCUT2D eigenvalue weighted by molar-refractivity contribution is 0.0947. The van der Waals surface area contributed by atoms with Crippen LogP contribution in [0.3, 0.4) is 0 Å². The Morgan fingerprint density at radius 3 is 2.60 bits per heavy atom. The molecule has 3 aromatic rings. The molecule has 6 nitrogen and oxygen atoms in total. The molecule has 3 rings (SSSR count). The summed E-state index contributed by atoms with van der Waals surface area (Å²) in [5, 5.41) is 4.90. The molecule has 0 aliphatic carbocycles. The molecule has 158 valence electrons. The molecule has 0 aliphatic rings. The smallest absolute Gasteiger partial charge is 0.257 e. The topological polar surface area (TPSA) is 69.6 Å². The Kier molecular flexibility index (Phi) is 6.95. The van der Waals surface area contributed by atoms with Crippen molar-refractivity contribution in [3.05, 3.63) is 79.4 Å². The number of hydrogen-bond donors (Lipinski definition) is 1. The van der Waals surface area contributed by atoms with E-state index in [2.05, 4.69) is 16.0 Å². The zero-order valence-corrected chi connectivity index (χ0v) is 18.5. The van der Waals surface area contributed by atoms with E-state index in [1.54, 1.807) is 37.7 Å². The van der Waals surface area contributed by atoms with Gasteiger partial charge in [0.2, 0.25) is 0 Å². The molecule has 0 saturated carbocycles. The third-order valence-corrected chi connectivity index (χ3v) is 5.88. The fraction of sp³-hybridized carbons (Fsp3) is 0.304. The van der Waals surface area contributed by atoms with E-state index in [1.807, 2.05) is 31.4 Å². The van der Waals surface area contributed by atoms with Crippen molar-refractivity contribution in [2.75, 3.05) is 14.2 Å². The van der Waals surface area contributed by atoms with E-state index in [4.69, 9.17) is 9.47 Å². The van der Waals surface area contributed by atoms with E-state index >= 15 is 0 Å². The Balaban J connectivity index is 1.89. The van der Waals surface area contributed by atoms with Gasteiger partial charge in [0.05, 0.1) is 20.8 Å². The Morgan fingerprint density at radius 1 is 1.17 bits per heavy atom. The minimum absolute atomic E-state index is 0.201. The number of pyridine rings is 1. The number of hydrogen-bond acceptors (Lipinski definition) is 5. The van der Waals surface area contributed by atoms with Gasteiger partial charge in [-0.05, 0) is 36.9 Å². The minimum atomic E-state index is -0.380. The molecule has 0 bridgehead atoms. The fourth-order valence-corrected chi connectivity index (χ4v) is 4.17. The number of ether oxygens (including phenoxy) is 2. The molecule has 0 atom stereocenters. The van der Waals surface area contributed by atoms with Crippen LogP contribution in [0.1, 0.15) is 39.1 Å². The monoisotopic (exact) mass is 426 g/mol. The normalized spacial score (nSPS) is 10.7. The highest BCUT2D eigenvalue weighted by Crippen LogP contribution is 2.24. The molecule has 1 amide bonds. The van der Waals surface area contributed by atoms with Crippen molar-refractivity contribution >= 4 is 17.2 Å². The molecule has 1 aromatic carbocycles. The van der Waals surface area contributed by atoms with Gasteiger partial charge < -0.3 is 19.4 Å². The van der Waals surface area contributed by atoms with E-state index in [9.17, 15) is 9.59 Å². The summed E-state index contributed by atoms with van der Waals surface area (Å²) in [6.07, 6.45) is 0.580. The molecule has 0 unspecified atom stereocenters. The second-order valence-electron chi connectivity index (χ2n) is 6.85. The highest BCUT2D eigenvalue weighted by atomic mass is 32.1. The van der Waals surface area contributed by atoms with Gasteiger partial charge in [0.15, 0.2) is 5.43 Å². The van der Waals surface area contributed by atoms with Crippen LogP contribution in [0.4, 0.5) is 0 Å². The van der Waals surface area contributed by atoms with Gasteiger partial charge in [-0.15, -0.1) is 11.3 Å². The van der Waals surface area contributed by atoms with Crippen LogP contribution in [-0.4, -0.2) is 24.7 Å². The summed E-state index contributed by atoms with van der Waals surface area (Å²) < 4.78 is 12.7. The van der Waals surface area contributed by atoms with Gasteiger partial charge >= 0.3 is 0 Å². The van der Waals surface area contributed by atoms with Gasteiger partial charge in [0.1, 0.15) is 17.1 Å². The third-order valence-electron chi connectivity index (χ3n) is 5.02. The van der Waals surface area contributed by atoms with Crippen molar-refractivity contribution in [1.29, 1.82) is 0 Å². The summed E-state index contributed by atoms with van der Waals surface area (Å²) in [7, 11) is 3.15. The van der Waals surface area contributed by atoms with Gasteiger partial charge in [-0.3, -0.25) is 9.59 Å². The number of methoxy groups -OCH3 is 2. The number of carbonyl (C=O) groups excluding carboxylic acids is 1. The predicted molar refractivity (Wildman–Crippen MR) is 119 cm³/mol. The largest absolute Gasteiger partial charge is 0.497 e.